The Morgan fingerprint density at radius 2 is 2.30 bits per heavy atom. The summed E-state index contributed by atoms with van der Waals surface area (Å²) in [4.78, 5) is 19.8. The molecule has 4 nitrogen and oxygen atoms in total. The zero-order chi connectivity index (χ0) is 15.9. The fourth-order valence-electron chi connectivity index (χ4n) is 3.24. The van der Waals surface area contributed by atoms with Gasteiger partial charge in [0.1, 0.15) is 11.4 Å². The quantitative estimate of drug-likeness (QED) is 0.780. The van der Waals surface area contributed by atoms with Gasteiger partial charge in [0.25, 0.3) is 0 Å². The summed E-state index contributed by atoms with van der Waals surface area (Å²) in [7, 11) is 0. The Bertz CT molecular complexity index is 728. The van der Waals surface area contributed by atoms with Crippen LogP contribution >= 0.6 is 27.3 Å². The smallest absolute Gasteiger partial charge is 0.228 e. The fraction of sp³-hybridized carbons (Fsp3) is 0.412. The van der Waals surface area contributed by atoms with Gasteiger partial charge in [0, 0.05) is 27.7 Å². The average molecular weight is 393 g/mol. The Morgan fingerprint density at radius 1 is 1.43 bits per heavy atom. The lowest BCUT2D eigenvalue weighted by molar-refractivity contribution is -0.135. The van der Waals surface area contributed by atoms with Gasteiger partial charge in [-0.25, -0.2) is 0 Å². The maximum Gasteiger partial charge on any atom is 0.228 e. The lowest BCUT2D eigenvalue weighted by atomic mass is 9.79. The Labute approximate surface area is 147 Å². The second kappa shape index (κ2) is 5.91. The third kappa shape index (κ3) is 3.02. The first-order valence-electron chi connectivity index (χ1n) is 7.76. The van der Waals surface area contributed by atoms with Crippen LogP contribution in [0.5, 0.6) is 5.75 Å². The highest BCUT2D eigenvalue weighted by Gasteiger charge is 2.44. The highest BCUT2D eigenvalue weighted by atomic mass is 79.9. The molecule has 23 heavy (non-hydrogen) atoms. The summed E-state index contributed by atoms with van der Waals surface area (Å²) >= 11 is 5.05. The molecular formula is C17H17BrN2O2S. The lowest BCUT2D eigenvalue weighted by Crippen LogP contribution is -2.52. The predicted molar refractivity (Wildman–Crippen MR) is 92.6 cm³/mol. The predicted octanol–water partition coefficient (Wildman–Crippen LogP) is 3.79. The largest absolute Gasteiger partial charge is 0.485 e. The number of benzene rings is 1. The van der Waals surface area contributed by atoms with Crippen LogP contribution in [0, 0.1) is 0 Å². The van der Waals surface area contributed by atoms with Crippen LogP contribution in [0.3, 0.4) is 0 Å². The molecule has 1 fully saturated rings. The van der Waals surface area contributed by atoms with Crippen LogP contribution in [0.25, 0.3) is 0 Å². The normalized spacial score (nSPS) is 18.7. The highest BCUT2D eigenvalue weighted by molar-refractivity contribution is 9.10. The van der Waals surface area contributed by atoms with Crippen LogP contribution in [0.1, 0.15) is 29.7 Å². The van der Waals surface area contributed by atoms with E-state index in [0.29, 0.717) is 19.5 Å². The van der Waals surface area contributed by atoms with E-state index in [-0.39, 0.29) is 11.5 Å². The van der Waals surface area contributed by atoms with E-state index in [9.17, 15) is 4.79 Å². The van der Waals surface area contributed by atoms with Crippen LogP contribution in [-0.4, -0.2) is 27.9 Å². The van der Waals surface area contributed by atoms with Crippen molar-refractivity contribution < 1.29 is 9.53 Å². The third-order valence-corrected chi connectivity index (χ3v) is 5.89. The summed E-state index contributed by atoms with van der Waals surface area (Å²) in [6.07, 6.45) is 5.41. The van der Waals surface area contributed by atoms with Gasteiger partial charge in [0.05, 0.1) is 18.5 Å². The molecule has 0 bridgehead atoms. The number of aromatic nitrogens is 1. The molecule has 0 N–H and O–H groups in total. The highest BCUT2D eigenvalue weighted by Crippen LogP contribution is 2.41. The summed E-state index contributed by atoms with van der Waals surface area (Å²) in [5.41, 5.74) is 2.65. The zero-order valence-corrected chi connectivity index (χ0v) is 15.0. The first-order valence-corrected chi connectivity index (χ1v) is 9.43. The molecule has 6 heteroatoms. The summed E-state index contributed by atoms with van der Waals surface area (Å²) < 4.78 is 7.34. The van der Waals surface area contributed by atoms with Gasteiger partial charge in [-0.1, -0.05) is 15.9 Å². The maximum atomic E-state index is 12.8. The van der Waals surface area contributed by atoms with Crippen molar-refractivity contribution in [3.63, 3.8) is 0 Å². The molecule has 0 saturated heterocycles. The van der Waals surface area contributed by atoms with Gasteiger partial charge < -0.3 is 9.64 Å². The van der Waals surface area contributed by atoms with E-state index in [1.165, 1.54) is 17.8 Å². The number of ether oxygens (including phenoxy) is 1. The fourth-order valence-corrected chi connectivity index (χ4v) is 4.24. The standard InChI is InChI=1S/C17H17BrN2O2S/c18-13-2-3-15-12(6-13)9-20(10-17(22-15)4-1-5-17)16(21)7-14-8-19-11-23-14/h2-3,6,8,11H,1,4-5,7,9-10H2. The monoisotopic (exact) mass is 392 g/mol. The molecule has 2 aliphatic rings. The Balaban J connectivity index is 1.62. The van der Waals surface area contributed by atoms with Crippen molar-refractivity contribution in [3.05, 3.63) is 44.8 Å². The van der Waals surface area contributed by atoms with E-state index in [4.69, 9.17) is 4.74 Å². The summed E-state index contributed by atoms with van der Waals surface area (Å²) in [6, 6.07) is 6.07. The van der Waals surface area contributed by atoms with Gasteiger partial charge >= 0.3 is 0 Å². The average Bonchev–Trinajstić information content (AvgIpc) is 2.92. The molecule has 1 aliphatic heterocycles. The number of nitrogens with zero attached hydrogens (tertiary/aromatic N) is 2. The number of carbonyl (C=O) groups is 1. The molecule has 1 saturated carbocycles. The minimum atomic E-state index is -0.192. The number of amides is 1. The van der Waals surface area contributed by atoms with Crippen molar-refractivity contribution in [2.75, 3.05) is 6.54 Å². The minimum Gasteiger partial charge on any atom is -0.485 e. The van der Waals surface area contributed by atoms with Crippen molar-refractivity contribution in [3.8, 4) is 5.75 Å². The summed E-state index contributed by atoms with van der Waals surface area (Å²) in [5, 5.41) is 0. The molecule has 4 rings (SSSR count). The minimum absolute atomic E-state index is 0.150. The molecule has 1 aliphatic carbocycles. The number of halogens is 1. The van der Waals surface area contributed by atoms with Crippen LogP contribution in [-0.2, 0) is 17.8 Å². The van der Waals surface area contributed by atoms with E-state index < -0.39 is 0 Å². The number of carbonyl (C=O) groups excluding carboxylic acids is 1. The topological polar surface area (TPSA) is 42.4 Å². The second-order valence-corrected chi connectivity index (χ2v) is 8.17. The van der Waals surface area contributed by atoms with Crippen LogP contribution in [0.2, 0.25) is 0 Å². The summed E-state index contributed by atoms with van der Waals surface area (Å²) in [5.74, 6) is 1.07. The van der Waals surface area contributed by atoms with E-state index in [0.717, 1.165) is 33.5 Å². The van der Waals surface area contributed by atoms with Crippen LogP contribution in [0.15, 0.2) is 34.4 Å². The molecule has 0 atom stereocenters. The van der Waals surface area contributed by atoms with Gasteiger partial charge in [-0.15, -0.1) is 11.3 Å². The van der Waals surface area contributed by atoms with Crippen molar-refractivity contribution >= 4 is 33.2 Å². The summed E-state index contributed by atoms with van der Waals surface area (Å²) in [6.45, 7) is 1.28. The number of fused-ring (bicyclic) bond motifs is 1. The molecule has 1 aromatic carbocycles. The molecule has 120 valence electrons. The SMILES string of the molecule is O=C(Cc1cncs1)N1Cc2cc(Br)ccc2OC2(CCC2)C1. The molecule has 2 aromatic rings. The lowest BCUT2D eigenvalue weighted by Gasteiger charge is -2.43. The van der Waals surface area contributed by atoms with Gasteiger partial charge in [-0.3, -0.25) is 9.78 Å². The molecule has 0 radical (unpaired) electrons. The third-order valence-electron chi connectivity index (χ3n) is 4.62. The Kier molecular flexibility index (Phi) is 3.89. The second-order valence-electron chi connectivity index (χ2n) is 6.28. The molecule has 1 spiro atoms. The van der Waals surface area contributed by atoms with Crippen molar-refractivity contribution in [1.82, 2.24) is 9.88 Å². The van der Waals surface area contributed by atoms with E-state index in [1.807, 2.05) is 17.0 Å². The first kappa shape index (κ1) is 15.1. The van der Waals surface area contributed by atoms with Gasteiger partial charge in [-0.2, -0.15) is 0 Å². The van der Waals surface area contributed by atoms with Crippen molar-refractivity contribution in [2.45, 2.75) is 37.8 Å². The Morgan fingerprint density at radius 3 is 3.00 bits per heavy atom. The number of hydrogen-bond acceptors (Lipinski definition) is 4. The van der Waals surface area contributed by atoms with Crippen molar-refractivity contribution in [1.29, 1.82) is 0 Å². The number of thiazole rings is 1. The molecular weight excluding hydrogens is 376 g/mol. The molecule has 1 aromatic heterocycles. The maximum absolute atomic E-state index is 12.8. The van der Waals surface area contributed by atoms with Gasteiger partial charge in [0.2, 0.25) is 5.91 Å². The zero-order valence-electron chi connectivity index (χ0n) is 12.6. The molecule has 0 unspecified atom stereocenters. The number of rotatable bonds is 2. The first-order chi connectivity index (χ1) is 11.1. The van der Waals surface area contributed by atoms with Crippen LogP contribution < -0.4 is 4.74 Å². The van der Waals surface area contributed by atoms with Crippen LogP contribution in [0.4, 0.5) is 0 Å². The van der Waals surface area contributed by atoms with Gasteiger partial charge in [-0.05, 0) is 37.5 Å². The van der Waals surface area contributed by atoms with E-state index in [1.54, 1.807) is 11.7 Å². The molecule has 2 heterocycles. The van der Waals surface area contributed by atoms with Crippen molar-refractivity contribution in [2.24, 2.45) is 0 Å². The van der Waals surface area contributed by atoms with E-state index in [2.05, 4.69) is 27.0 Å². The van der Waals surface area contributed by atoms with E-state index >= 15 is 0 Å². The molecule has 1 amide bonds. The number of hydrogen-bond donors (Lipinski definition) is 0. The van der Waals surface area contributed by atoms with Gasteiger partial charge in [0.15, 0.2) is 0 Å². The Hall–Kier alpha value is -1.40.